The second kappa shape index (κ2) is 7.44. The van der Waals surface area contributed by atoms with Gasteiger partial charge in [0, 0.05) is 35.7 Å². The fourth-order valence-electron chi connectivity index (χ4n) is 3.52. The summed E-state index contributed by atoms with van der Waals surface area (Å²) in [4.78, 5) is 36.1. The number of piperidine rings is 1. The number of amides is 2. The van der Waals surface area contributed by atoms with Crippen LogP contribution in [0, 0.1) is 12.8 Å². The van der Waals surface area contributed by atoms with Crippen LogP contribution in [0.5, 0.6) is 0 Å². The molecule has 1 saturated heterocycles. The Bertz CT molecular complexity index is 987. The van der Waals surface area contributed by atoms with Gasteiger partial charge in [-0.2, -0.15) is 0 Å². The number of hydrogen-bond donors (Lipinski definition) is 1. The molecule has 1 aromatic carbocycles. The summed E-state index contributed by atoms with van der Waals surface area (Å²) in [6.45, 7) is 2.98. The summed E-state index contributed by atoms with van der Waals surface area (Å²) in [5, 5.41) is 6.12. The van der Waals surface area contributed by atoms with Crippen molar-refractivity contribution in [1.29, 1.82) is 0 Å². The van der Waals surface area contributed by atoms with E-state index in [2.05, 4.69) is 15.3 Å². The fraction of sp³-hybridized carbons (Fsp3) is 0.300. The van der Waals surface area contributed by atoms with Gasteiger partial charge in [0.25, 0.3) is 5.91 Å². The molecule has 3 aromatic rings. The second-order valence-corrected chi connectivity index (χ2v) is 7.64. The van der Waals surface area contributed by atoms with E-state index in [4.69, 9.17) is 0 Å². The molecule has 0 spiro atoms. The number of hydrogen-bond acceptors (Lipinski definition) is 5. The maximum Gasteiger partial charge on any atom is 0.254 e. The summed E-state index contributed by atoms with van der Waals surface area (Å²) in [7, 11) is 0. The van der Waals surface area contributed by atoms with Crippen LogP contribution in [-0.4, -0.2) is 39.8 Å². The number of carbonyl (C=O) groups is 2. The van der Waals surface area contributed by atoms with Crippen molar-refractivity contribution in [3.05, 3.63) is 53.2 Å². The fourth-order valence-corrected chi connectivity index (χ4v) is 4.06. The normalized spacial score (nSPS) is 17.1. The van der Waals surface area contributed by atoms with E-state index in [-0.39, 0.29) is 17.7 Å². The van der Waals surface area contributed by atoms with Gasteiger partial charge in [0.2, 0.25) is 5.91 Å². The molecule has 2 aromatic heterocycles. The number of pyridine rings is 1. The minimum absolute atomic E-state index is 0.0385. The number of para-hydroxylation sites is 1. The van der Waals surface area contributed by atoms with E-state index in [9.17, 15) is 9.59 Å². The molecule has 0 saturated carbocycles. The molecule has 1 aliphatic rings. The number of nitrogens with zero attached hydrogens (tertiary/aromatic N) is 3. The topological polar surface area (TPSA) is 75.2 Å². The van der Waals surface area contributed by atoms with Crippen LogP contribution in [0.1, 0.15) is 28.9 Å². The Morgan fingerprint density at radius 2 is 2.15 bits per heavy atom. The molecule has 6 nitrogen and oxygen atoms in total. The Morgan fingerprint density at radius 1 is 1.30 bits per heavy atom. The lowest BCUT2D eigenvalue weighted by Crippen LogP contribution is -2.43. The van der Waals surface area contributed by atoms with Gasteiger partial charge in [-0.3, -0.25) is 14.6 Å². The van der Waals surface area contributed by atoms with Crippen LogP contribution in [0.3, 0.4) is 0 Å². The Morgan fingerprint density at radius 3 is 2.96 bits per heavy atom. The number of anilines is 1. The Labute approximate surface area is 161 Å². The van der Waals surface area contributed by atoms with Crippen LogP contribution in [-0.2, 0) is 4.79 Å². The summed E-state index contributed by atoms with van der Waals surface area (Å²) in [6, 6.07) is 9.51. The van der Waals surface area contributed by atoms with Crippen molar-refractivity contribution < 1.29 is 9.59 Å². The van der Waals surface area contributed by atoms with E-state index in [1.807, 2.05) is 42.6 Å². The van der Waals surface area contributed by atoms with E-state index in [1.165, 1.54) is 11.3 Å². The van der Waals surface area contributed by atoms with Crippen LogP contribution >= 0.6 is 11.3 Å². The van der Waals surface area contributed by atoms with Crippen molar-refractivity contribution in [1.82, 2.24) is 14.9 Å². The quantitative estimate of drug-likeness (QED) is 0.755. The monoisotopic (exact) mass is 380 g/mol. The van der Waals surface area contributed by atoms with Crippen LogP contribution in [0.25, 0.3) is 10.9 Å². The molecule has 1 atom stereocenters. The number of fused-ring (bicyclic) bond motifs is 1. The van der Waals surface area contributed by atoms with Gasteiger partial charge in [0.1, 0.15) is 0 Å². The van der Waals surface area contributed by atoms with Crippen molar-refractivity contribution >= 4 is 39.2 Å². The average molecular weight is 380 g/mol. The molecule has 7 heteroatoms. The number of rotatable bonds is 3. The lowest BCUT2D eigenvalue weighted by Gasteiger charge is -2.32. The van der Waals surface area contributed by atoms with Gasteiger partial charge >= 0.3 is 0 Å². The van der Waals surface area contributed by atoms with Gasteiger partial charge in [-0.15, -0.1) is 11.3 Å². The zero-order chi connectivity index (χ0) is 18.8. The summed E-state index contributed by atoms with van der Waals surface area (Å²) >= 11 is 1.39. The lowest BCUT2D eigenvalue weighted by atomic mass is 9.96. The maximum atomic E-state index is 13.2. The third kappa shape index (κ3) is 3.68. The first-order valence-corrected chi connectivity index (χ1v) is 9.86. The molecule has 1 N–H and O–H groups in total. The molecule has 0 bridgehead atoms. The SMILES string of the molecule is Cc1cc(C(=O)N2CCCC(C(=O)Nc3nccs3)C2)c2ccccc2n1. The van der Waals surface area contributed by atoms with Crippen LogP contribution in [0.15, 0.2) is 41.9 Å². The van der Waals surface area contributed by atoms with Crippen molar-refractivity contribution in [2.24, 2.45) is 5.92 Å². The standard InChI is InChI=1S/C20H20N4O2S/c1-13-11-16(15-6-2-3-7-17(15)22-13)19(26)24-9-4-5-14(12-24)18(25)23-20-21-8-10-27-20/h2-3,6-8,10-11,14H,4-5,9,12H2,1H3,(H,21,23,25). The smallest absolute Gasteiger partial charge is 0.254 e. The highest BCUT2D eigenvalue weighted by Crippen LogP contribution is 2.24. The molecule has 0 aliphatic carbocycles. The molecule has 3 heterocycles. The van der Waals surface area contributed by atoms with E-state index in [0.717, 1.165) is 29.4 Å². The van der Waals surface area contributed by atoms with E-state index >= 15 is 0 Å². The number of carbonyl (C=O) groups excluding carboxylic acids is 2. The molecule has 4 rings (SSSR count). The molecule has 1 fully saturated rings. The summed E-state index contributed by atoms with van der Waals surface area (Å²) < 4.78 is 0. The first kappa shape index (κ1) is 17.6. The molecule has 138 valence electrons. The van der Waals surface area contributed by atoms with Crippen LogP contribution in [0.4, 0.5) is 5.13 Å². The van der Waals surface area contributed by atoms with E-state index in [1.54, 1.807) is 11.1 Å². The maximum absolute atomic E-state index is 13.2. The highest BCUT2D eigenvalue weighted by Gasteiger charge is 2.30. The lowest BCUT2D eigenvalue weighted by molar-refractivity contribution is -0.121. The number of aryl methyl sites for hydroxylation is 1. The van der Waals surface area contributed by atoms with Gasteiger partial charge in [-0.05, 0) is 31.9 Å². The highest BCUT2D eigenvalue weighted by atomic mass is 32.1. The predicted molar refractivity (Wildman–Crippen MR) is 106 cm³/mol. The summed E-state index contributed by atoms with van der Waals surface area (Å²) in [6.07, 6.45) is 3.24. The Hall–Kier alpha value is -2.80. The number of thiazole rings is 1. The van der Waals surface area contributed by atoms with Gasteiger partial charge in [-0.1, -0.05) is 18.2 Å². The minimum atomic E-state index is -0.221. The van der Waals surface area contributed by atoms with E-state index in [0.29, 0.717) is 23.8 Å². The van der Waals surface area contributed by atoms with Gasteiger partial charge in [0.05, 0.1) is 17.0 Å². The zero-order valence-electron chi connectivity index (χ0n) is 15.0. The van der Waals surface area contributed by atoms with Gasteiger partial charge < -0.3 is 10.2 Å². The first-order valence-electron chi connectivity index (χ1n) is 8.98. The third-order valence-corrected chi connectivity index (χ3v) is 5.51. The zero-order valence-corrected chi connectivity index (χ0v) is 15.8. The molecule has 1 unspecified atom stereocenters. The molecular weight excluding hydrogens is 360 g/mol. The highest BCUT2D eigenvalue weighted by molar-refractivity contribution is 7.13. The average Bonchev–Trinajstić information content (AvgIpc) is 3.20. The Balaban J connectivity index is 1.55. The second-order valence-electron chi connectivity index (χ2n) is 6.75. The van der Waals surface area contributed by atoms with Gasteiger partial charge in [0.15, 0.2) is 5.13 Å². The molecular formula is C20H20N4O2S. The largest absolute Gasteiger partial charge is 0.338 e. The Kier molecular flexibility index (Phi) is 4.85. The minimum Gasteiger partial charge on any atom is -0.338 e. The van der Waals surface area contributed by atoms with Crippen molar-refractivity contribution in [2.75, 3.05) is 18.4 Å². The number of benzene rings is 1. The molecule has 2 amide bonds. The van der Waals surface area contributed by atoms with Crippen molar-refractivity contribution in [2.45, 2.75) is 19.8 Å². The van der Waals surface area contributed by atoms with Crippen molar-refractivity contribution in [3.63, 3.8) is 0 Å². The predicted octanol–water partition coefficient (Wildman–Crippen LogP) is 3.49. The first-order chi connectivity index (χ1) is 13.1. The molecule has 0 radical (unpaired) electrons. The number of nitrogens with one attached hydrogen (secondary N) is 1. The summed E-state index contributed by atoms with van der Waals surface area (Å²) in [5.41, 5.74) is 2.28. The van der Waals surface area contributed by atoms with Gasteiger partial charge in [-0.25, -0.2) is 4.98 Å². The molecule has 1 aliphatic heterocycles. The van der Waals surface area contributed by atoms with Crippen molar-refractivity contribution in [3.8, 4) is 0 Å². The van der Waals surface area contributed by atoms with E-state index < -0.39 is 0 Å². The molecule has 27 heavy (non-hydrogen) atoms. The van der Waals surface area contributed by atoms with Crippen LogP contribution < -0.4 is 5.32 Å². The van der Waals surface area contributed by atoms with Crippen LogP contribution in [0.2, 0.25) is 0 Å². The number of likely N-dealkylation sites (tertiary alicyclic amines) is 1. The summed E-state index contributed by atoms with van der Waals surface area (Å²) in [5.74, 6) is -0.331. The number of aromatic nitrogens is 2. The third-order valence-electron chi connectivity index (χ3n) is 4.82.